The second kappa shape index (κ2) is 6.07. The molecule has 0 aliphatic heterocycles. The average Bonchev–Trinajstić information content (AvgIpc) is 2.96. The minimum atomic E-state index is 0.472. The summed E-state index contributed by atoms with van der Waals surface area (Å²) in [5.74, 6) is 1.16. The molecule has 20 heavy (non-hydrogen) atoms. The molecule has 0 bridgehead atoms. The molecule has 100 valence electrons. The third-order valence-electron chi connectivity index (χ3n) is 2.62. The van der Waals surface area contributed by atoms with E-state index in [9.17, 15) is 0 Å². The van der Waals surface area contributed by atoms with Gasteiger partial charge in [0, 0.05) is 23.2 Å². The van der Waals surface area contributed by atoms with Crippen molar-refractivity contribution >= 4 is 23.4 Å². The molecule has 1 aromatic carbocycles. The summed E-state index contributed by atoms with van der Waals surface area (Å²) in [5.41, 5.74) is 1.85. The fraction of sp³-hybridized carbons (Fsp3) is 0.0714. The zero-order valence-corrected chi connectivity index (χ0v) is 11.9. The van der Waals surface area contributed by atoms with Crippen molar-refractivity contribution < 1.29 is 4.42 Å². The Morgan fingerprint density at radius 1 is 1.10 bits per heavy atom. The van der Waals surface area contributed by atoms with E-state index in [0.717, 1.165) is 16.1 Å². The zero-order chi connectivity index (χ0) is 13.8. The maximum absolute atomic E-state index is 6.10. The Labute approximate surface area is 125 Å². The van der Waals surface area contributed by atoms with Gasteiger partial charge >= 0.3 is 0 Å². The van der Waals surface area contributed by atoms with E-state index >= 15 is 0 Å². The molecule has 0 unspecified atom stereocenters. The number of thioether (sulfide) groups is 1. The number of hydrogen-bond acceptors (Lipinski definition) is 5. The van der Waals surface area contributed by atoms with Crippen LogP contribution in [0, 0.1) is 0 Å². The van der Waals surface area contributed by atoms with Crippen LogP contribution in [-0.2, 0) is 5.75 Å². The summed E-state index contributed by atoms with van der Waals surface area (Å²) in [6.07, 6.45) is 3.39. The number of rotatable bonds is 4. The lowest BCUT2D eigenvalue weighted by atomic mass is 10.2. The van der Waals surface area contributed by atoms with Crippen LogP contribution in [0.4, 0.5) is 0 Å². The minimum Gasteiger partial charge on any atom is -0.411 e. The van der Waals surface area contributed by atoms with E-state index in [4.69, 9.17) is 16.0 Å². The molecule has 0 saturated carbocycles. The molecule has 4 nitrogen and oxygen atoms in total. The lowest BCUT2D eigenvalue weighted by molar-refractivity contribution is 0.465. The largest absolute Gasteiger partial charge is 0.411 e. The summed E-state index contributed by atoms with van der Waals surface area (Å²) in [6.45, 7) is 0. The number of benzene rings is 1. The Hall–Kier alpha value is -1.85. The molecule has 0 aliphatic rings. The molecule has 6 heteroatoms. The predicted molar refractivity (Wildman–Crippen MR) is 78.5 cm³/mol. The van der Waals surface area contributed by atoms with E-state index in [0.29, 0.717) is 16.9 Å². The van der Waals surface area contributed by atoms with Crippen molar-refractivity contribution in [2.24, 2.45) is 0 Å². The van der Waals surface area contributed by atoms with Gasteiger partial charge in [0.05, 0.1) is 5.56 Å². The first-order valence-electron chi connectivity index (χ1n) is 5.93. The number of pyridine rings is 1. The summed E-state index contributed by atoms with van der Waals surface area (Å²) in [6, 6.07) is 11.4. The van der Waals surface area contributed by atoms with Gasteiger partial charge in [0.1, 0.15) is 0 Å². The quantitative estimate of drug-likeness (QED) is 0.680. The van der Waals surface area contributed by atoms with Gasteiger partial charge in [-0.2, -0.15) is 0 Å². The van der Waals surface area contributed by atoms with E-state index in [1.165, 1.54) is 11.8 Å². The predicted octanol–water partition coefficient (Wildman–Crippen LogP) is 4.08. The Kier molecular flexibility index (Phi) is 3.99. The molecule has 2 aromatic heterocycles. The van der Waals surface area contributed by atoms with Gasteiger partial charge in [0.2, 0.25) is 5.89 Å². The highest BCUT2D eigenvalue weighted by Crippen LogP contribution is 2.27. The fourth-order valence-corrected chi connectivity index (χ4v) is 2.68. The van der Waals surface area contributed by atoms with Gasteiger partial charge in [-0.25, -0.2) is 0 Å². The molecule has 0 atom stereocenters. The third kappa shape index (κ3) is 3.00. The van der Waals surface area contributed by atoms with E-state index in [1.807, 2.05) is 36.4 Å². The monoisotopic (exact) mass is 303 g/mol. The highest BCUT2D eigenvalue weighted by atomic mass is 35.5. The lowest BCUT2D eigenvalue weighted by Gasteiger charge is -2.00. The van der Waals surface area contributed by atoms with Crippen LogP contribution in [0.5, 0.6) is 0 Å². The first-order valence-corrected chi connectivity index (χ1v) is 7.29. The highest BCUT2D eigenvalue weighted by Gasteiger charge is 2.09. The molecule has 3 aromatic rings. The van der Waals surface area contributed by atoms with Gasteiger partial charge < -0.3 is 4.42 Å². The third-order valence-corrected chi connectivity index (χ3v) is 3.86. The molecule has 0 saturated heterocycles. The standard InChI is InChI=1S/C14H10ClN3OS/c15-12-6-2-1-4-11(12)9-20-14-18-17-13(19-14)10-5-3-7-16-8-10/h1-8H,9H2. The van der Waals surface area contributed by atoms with E-state index in [2.05, 4.69) is 15.2 Å². The Morgan fingerprint density at radius 2 is 2.00 bits per heavy atom. The van der Waals surface area contributed by atoms with Gasteiger partial charge in [-0.05, 0) is 23.8 Å². The van der Waals surface area contributed by atoms with E-state index < -0.39 is 0 Å². The minimum absolute atomic E-state index is 0.472. The van der Waals surface area contributed by atoms with Crippen LogP contribution in [0.25, 0.3) is 11.5 Å². The fourth-order valence-electron chi connectivity index (χ4n) is 1.63. The second-order valence-corrected chi connectivity index (χ2v) is 5.33. The lowest BCUT2D eigenvalue weighted by Crippen LogP contribution is -1.81. The van der Waals surface area contributed by atoms with E-state index in [1.54, 1.807) is 12.4 Å². The molecular weight excluding hydrogens is 294 g/mol. The Morgan fingerprint density at radius 3 is 2.80 bits per heavy atom. The Balaban J connectivity index is 1.71. The van der Waals surface area contributed by atoms with Crippen LogP contribution in [-0.4, -0.2) is 15.2 Å². The number of nitrogens with zero attached hydrogens (tertiary/aromatic N) is 3. The van der Waals surface area contributed by atoms with Gasteiger partial charge in [-0.1, -0.05) is 41.6 Å². The van der Waals surface area contributed by atoms with Crippen LogP contribution in [0.3, 0.4) is 0 Å². The van der Waals surface area contributed by atoms with Crippen molar-refractivity contribution in [2.45, 2.75) is 11.0 Å². The van der Waals surface area contributed by atoms with Crippen LogP contribution in [0.2, 0.25) is 5.02 Å². The number of halogens is 1. The molecule has 0 aliphatic carbocycles. The van der Waals surface area contributed by atoms with Crippen molar-refractivity contribution in [1.82, 2.24) is 15.2 Å². The first-order chi connectivity index (χ1) is 9.83. The van der Waals surface area contributed by atoms with Gasteiger partial charge in [-0.15, -0.1) is 10.2 Å². The van der Waals surface area contributed by atoms with Crippen LogP contribution in [0.1, 0.15) is 5.56 Å². The van der Waals surface area contributed by atoms with Crippen LogP contribution >= 0.6 is 23.4 Å². The number of aromatic nitrogens is 3. The SMILES string of the molecule is Clc1ccccc1CSc1nnc(-c2cccnc2)o1. The molecule has 0 spiro atoms. The normalized spacial score (nSPS) is 10.7. The van der Waals surface area contributed by atoms with Crippen molar-refractivity contribution in [3.05, 3.63) is 59.4 Å². The molecule has 0 N–H and O–H groups in total. The van der Waals surface area contributed by atoms with Crippen LogP contribution in [0.15, 0.2) is 58.4 Å². The smallest absolute Gasteiger partial charge is 0.277 e. The molecule has 0 fully saturated rings. The van der Waals surface area contributed by atoms with Gasteiger partial charge in [-0.3, -0.25) is 4.98 Å². The van der Waals surface area contributed by atoms with Crippen molar-refractivity contribution in [1.29, 1.82) is 0 Å². The van der Waals surface area contributed by atoms with Gasteiger partial charge in [0.25, 0.3) is 5.22 Å². The zero-order valence-electron chi connectivity index (χ0n) is 10.4. The van der Waals surface area contributed by atoms with Crippen molar-refractivity contribution in [3.63, 3.8) is 0 Å². The molecule has 2 heterocycles. The van der Waals surface area contributed by atoms with Crippen molar-refractivity contribution in [2.75, 3.05) is 0 Å². The summed E-state index contributed by atoms with van der Waals surface area (Å²) < 4.78 is 5.59. The summed E-state index contributed by atoms with van der Waals surface area (Å²) >= 11 is 7.56. The first kappa shape index (κ1) is 13.1. The highest BCUT2D eigenvalue weighted by molar-refractivity contribution is 7.98. The van der Waals surface area contributed by atoms with Crippen molar-refractivity contribution in [3.8, 4) is 11.5 Å². The van der Waals surface area contributed by atoms with Crippen LogP contribution < -0.4 is 0 Å². The molecule has 3 rings (SSSR count). The topological polar surface area (TPSA) is 51.8 Å². The maximum atomic E-state index is 6.10. The summed E-state index contributed by atoms with van der Waals surface area (Å²) in [5, 5.41) is 9.28. The second-order valence-electron chi connectivity index (χ2n) is 3.99. The summed E-state index contributed by atoms with van der Waals surface area (Å²) in [7, 11) is 0. The van der Waals surface area contributed by atoms with Gasteiger partial charge in [0.15, 0.2) is 0 Å². The summed E-state index contributed by atoms with van der Waals surface area (Å²) in [4.78, 5) is 4.02. The number of hydrogen-bond donors (Lipinski definition) is 0. The molecular formula is C14H10ClN3OS. The van der Waals surface area contributed by atoms with E-state index in [-0.39, 0.29) is 0 Å². The average molecular weight is 304 g/mol. The molecule has 0 radical (unpaired) electrons. The Bertz CT molecular complexity index is 702. The molecule has 0 amide bonds. The maximum Gasteiger partial charge on any atom is 0.277 e.